The Labute approximate surface area is 893 Å². The van der Waals surface area contributed by atoms with Crippen LogP contribution in [-0.4, -0.2) is 125 Å². The molecule has 4 aliphatic carbocycles. The molecule has 5 fully saturated rings. The van der Waals surface area contributed by atoms with Crippen LogP contribution < -0.4 is 43.4 Å². The van der Waals surface area contributed by atoms with Crippen molar-refractivity contribution in [1.82, 2.24) is 31.9 Å². The molecule has 3 amide bonds. The van der Waals surface area contributed by atoms with Gasteiger partial charge in [0.25, 0.3) is 0 Å². The smallest absolute Gasteiger partial charge is 0.407 e. The highest BCUT2D eigenvalue weighted by Crippen LogP contribution is 2.43. The van der Waals surface area contributed by atoms with E-state index in [1.807, 2.05) is 0 Å². The van der Waals surface area contributed by atoms with Crippen LogP contribution in [0.5, 0.6) is 0 Å². The zero-order valence-electron chi connectivity index (χ0n) is 86.5. The first-order valence-corrected chi connectivity index (χ1v) is 51.2. The maximum absolute atomic E-state index is 13.9. The Morgan fingerprint density at radius 3 is 0.931 bits per heavy atom. The third kappa shape index (κ3) is 44.6. The second-order valence-corrected chi connectivity index (χ2v) is 42.8. The van der Waals surface area contributed by atoms with Gasteiger partial charge in [-0.25, -0.2) is 44.7 Å². The molecule has 1 heterocycles. The van der Waals surface area contributed by atoms with Crippen molar-refractivity contribution in [3.05, 3.63) is 283 Å². The van der Waals surface area contributed by atoms with Crippen LogP contribution in [0, 0.1) is 46.5 Å². The summed E-state index contributed by atoms with van der Waals surface area (Å²) in [6.45, 7) is 30.8. The number of alkyl carbamates (subject to hydrolysis) is 2. The van der Waals surface area contributed by atoms with Crippen LogP contribution in [0.3, 0.4) is 0 Å². The van der Waals surface area contributed by atoms with Gasteiger partial charge >= 0.3 is 12.2 Å². The molecule has 0 spiro atoms. The van der Waals surface area contributed by atoms with Gasteiger partial charge in [0.2, 0.25) is 5.91 Å². The number of rotatable bonds is 32. The lowest BCUT2D eigenvalue weighted by Gasteiger charge is -2.40. The van der Waals surface area contributed by atoms with Gasteiger partial charge in [0.15, 0.2) is 0 Å². The second-order valence-electron chi connectivity index (χ2n) is 42.0. The Balaban J connectivity index is 0.000000469. The van der Waals surface area contributed by atoms with Crippen molar-refractivity contribution < 1.29 is 79.0 Å². The second kappa shape index (κ2) is 63.0. The Morgan fingerprint density at radius 2 is 0.648 bits per heavy atom. The molecule has 13 rings (SSSR count). The van der Waals surface area contributed by atoms with E-state index in [1.165, 1.54) is 138 Å². The summed E-state index contributed by atoms with van der Waals surface area (Å²) in [5, 5.41) is 52.2. The van der Waals surface area contributed by atoms with Gasteiger partial charge in [-0.15, -0.1) is 72.8 Å². The lowest BCUT2D eigenvalue weighted by atomic mass is 9.75. The van der Waals surface area contributed by atoms with Gasteiger partial charge in [0, 0.05) is 79.0 Å². The van der Waals surface area contributed by atoms with E-state index < -0.39 is 106 Å². The van der Waals surface area contributed by atoms with Crippen molar-refractivity contribution >= 4 is 90.9 Å². The van der Waals surface area contributed by atoms with Gasteiger partial charge in [0.1, 0.15) is 63.8 Å². The summed E-state index contributed by atoms with van der Waals surface area (Å²) in [4.78, 5) is 36.1. The predicted octanol–water partition coefficient (Wildman–Crippen LogP) is 26.5. The zero-order valence-corrected chi connectivity index (χ0v) is 91.2. The number of hydrogen-bond donors (Lipinski definition) is 11. The van der Waals surface area contributed by atoms with Gasteiger partial charge in [-0.1, -0.05) is 237 Å². The van der Waals surface area contributed by atoms with E-state index in [2.05, 4.69) is 184 Å². The summed E-state index contributed by atoms with van der Waals surface area (Å²) in [6, 6.07) is 45.6. The molecule has 8 aromatic rings. The van der Waals surface area contributed by atoms with Gasteiger partial charge in [0.05, 0.1) is 48.4 Å². The van der Waals surface area contributed by atoms with Gasteiger partial charge in [-0.05, 0) is 258 Å². The van der Waals surface area contributed by atoms with Gasteiger partial charge in [-0.2, -0.15) is 0 Å². The van der Waals surface area contributed by atoms with Crippen LogP contribution >= 0.6 is 72.8 Å². The lowest BCUT2D eigenvalue weighted by molar-refractivity contribution is -0.120. The quantitative estimate of drug-likeness (QED) is 0.0106. The number of aliphatic hydroxyl groups is 3. The highest BCUT2D eigenvalue weighted by molar-refractivity contribution is 6.40. The topological polar surface area (TPSA) is 267 Å². The van der Waals surface area contributed by atoms with Crippen LogP contribution in [-0.2, 0) is 66.8 Å². The molecular formula is C114H164Cl6F8N8O9. The van der Waals surface area contributed by atoms with Crippen molar-refractivity contribution in [3.63, 3.8) is 0 Å². The van der Waals surface area contributed by atoms with Gasteiger partial charge in [-0.3, -0.25) is 4.79 Å². The van der Waals surface area contributed by atoms with E-state index in [0.29, 0.717) is 59.1 Å². The van der Waals surface area contributed by atoms with Crippen molar-refractivity contribution in [1.29, 1.82) is 0 Å². The summed E-state index contributed by atoms with van der Waals surface area (Å²) in [6.07, 6.45) is 18.8. The largest absolute Gasteiger partial charge is 0.444 e. The molecule has 8 aromatic carbocycles. The standard InChI is InChI=1S/C30H42F2N2O3.C27H36F2N2O2.C25H34F2N2O.C15H19F2NO3.C15H23N.CH2Cl2.CH4.4ClH/c1-20(2)22-10-9-11-23(17-22)30(12-7-6-8-13-30)33-19-27(35)26(34-28(36)37-29(3,4)5)16-21-14-24(31)18-25(32)15-21;1-18(2)21-8-7-9-22(15-21)27(10-5-4-6-11-27)30-17-26(33)25(31-19(3)32)14-20-12-23(28)16-24(29)13-20;1-17(2)19-7-6-8-20(14-19)25(9-4-3-5-10-25)29-16-24(30)23(28)13-18-11-21(26)15-22(27)12-18;1-15(2,3)21-14(19)18-12(13-8-20-13)6-9-4-10(16)7-11(17)5-9;1-12(2)13-7-6-8-14(11-13)15(16)9-4-3-5-10-15;2-1-3;;;;;/h9-11,14-15,17-18,20,26-27,33,35H,6-8,12-13,16,19H2,1-5H3,(H,34,36);7-9,12-13,15-16,18,25-26,30,33H,4-6,10-11,14,17H2,1-3H3,(H,31,32);6-8,11-12,14-15,17,23-24,29-30H,3-5,9-10,13,16,28H2,1-2H3;4-5,7,12-13H,6,8H2,1-3H3,(H,18,19);6-8,11-12H,3-5,9-10,16H2,1-2H3;1H2;1H4;4*1H/t26-,27+;25-,26+;23-,24+;12-,13+;;;;;;;/m0000......./s1. The van der Waals surface area contributed by atoms with E-state index in [-0.39, 0.29) is 141 Å². The highest BCUT2D eigenvalue weighted by Gasteiger charge is 2.41. The first kappa shape index (κ1) is 132. The maximum Gasteiger partial charge on any atom is 0.407 e. The predicted molar refractivity (Wildman–Crippen MR) is 582 cm³/mol. The number of carbonyl (C=O) groups excluding carboxylic acids is 3. The van der Waals surface area contributed by atoms with Crippen molar-refractivity contribution in [2.24, 2.45) is 11.5 Å². The number of amides is 3. The number of ether oxygens (including phenoxy) is 3. The van der Waals surface area contributed by atoms with E-state index >= 15 is 0 Å². The molecule has 145 heavy (non-hydrogen) atoms. The molecule has 31 heteroatoms. The number of aliphatic hydroxyl groups excluding tert-OH is 3. The molecular weight excluding hydrogens is 1990 g/mol. The number of nitrogens with one attached hydrogen (secondary N) is 6. The molecule has 4 saturated carbocycles. The minimum atomic E-state index is -1.02. The fourth-order valence-corrected chi connectivity index (χ4v) is 19.2. The lowest BCUT2D eigenvalue weighted by Crippen LogP contribution is -2.53. The number of epoxide rings is 1. The third-order valence-electron chi connectivity index (χ3n) is 26.8. The summed E-state index contributed by atoms with van der Waals surface area (Å²) in [5.41, 5.74) is 22.6. The van der Waals surface area contributed by atoms with Crippen LogP contribution in [0.25, 0.3) is 0 Å². The van der Waals surface area contributed by atoms with Crippen LogP contribution in [0.4, 0.5) is 44.7 Å². The van der Waals surface area contributed by atoms with E-state index in [1.54, 1.807) is 41.5 Å². The maximum atomic E-state index is 13.9. The fraction of sp³-hybridized carbons (Fsp3) is 0.553. The normalized spacial score (nSPS) is 17.3. The summed E-state index contributed by atoms with van der Waals surface area (Å²) < 4.78 is 124. The number of nitrogens with two attached hydrogens (primary N) is 2. The number of halogens is 14. The molecule has 0 unspecified atom stereocenters. The zero-order chi connectivity index (χ0) is 103. The minimum Gasteiger partial charge on any atom is -0.444 e. The van der Waals surface area contributed by atoms with Crippen molar-refractivity contribution in [2.75, 3.05) is 31.6 Å². The van der Waals surface area contributed by atoms with Crippen molar-refractivity contribution in [3.8, 4) is 0 Å². The van der Waals surface area contributed by atoms with Crippen molar-refractivity contribution in [2.45, 2.75) is 371 Å². The first-order valence-electron chi connectivity index (χ1n) is 50.2. The molecule has 812 valence electrons. The van der Waals surface area contributed by atoms with Crippen LogP contribution in [0.1, 0.15) is 330 Å². The number of benzene rings is 8. The number of carbonyl (C=O) groups is 3. The average Bonchev–Trinajstić information content (AvgIpc) is 1.39. The average molecular weight is 2160 g/mol. The molecule has 17 nitrogen and oxygen atoms in total. The van der Waals surface area contributed by atoms with E-state index in [0.717, 1.165) is 114 Å². The summed E-state index contributed by atoms with van der Waals surface area (Å²) in [5.74, 6) is -3.73. The monoisotopic (exact) mass is 2150 g/mol. The molecule has 0 aromatic heterocycles. The fourth-order valence-electron chi connectivity index (χ4n) is 19.2. The minimum absolute atomic E-state index is 0. The number of hydrogen-bond acceptors (Lipinski definition) is 14. The Morgan fingerprint density at radius 1 is 0.393 bits per heavy atom. The Kier molecular flexibility index (Phi) is 57.3. The van der Waals surface area contributed by atoms with E-state index in [9.17, 15) is 64.8 Å². The number of alkyl halides is 2. The first-order chi connectivity index (χ1) is 66.1. The summed E-state index contributed by atoms with van der Waals surface area (Å²) >= 11 is 9.53. The third-order valence-corrected chi connectivity index (χ3v) is 26.8. The molecule has 0 radical (unpaired) electrons. The Bertz CT molecular complexity index is 5090. The Hall–Kier alpha value is -7.41. The molecule has 8 atom stereocenters. The van der Waals surface area contributed by atoms with Crippen LogP contribution in [0.2, 0.25) is 0 Å². The highest BCUT2D eigenvalue weighted by atomic mass is 35.5. The molecule has 0 bridgehead atoms. The summed E-state index contributed by atoms with van der Waals surface area (Å²) in [7, 11) is 0. The van der Waals surface area contributed by atoms with E-state index in [4.69, 9.17) is 48.9 Å². The molecule has 5 aliphatic rings. The SMILES string of the molecule is C.CC(=O)N[C@@H](Cc1cc(F)cc(F)c1)[C@H](O)CNC1(c2cccc(C(C)C)c2)CCCCC1.CC(C)(C)OC(=O)N[C@@H](Cc1cc(F)cc(F)c1)[C@H]1CO1.CC(C)c1cccc(C2(N)CCCCC2)c1.CC(C)c1cccc(C2(NC[C@@H](O)[C@@H](N)Cc3cc(F)cc(F)c3)CCCCC2)c1.CC(C)c1cccc(C2(NC[C@@H](O)[C@H](Cc3cc(F)cc(F)c3)NC(=O)OC(C)(C)C)CCCCC2)c1.Cl.Cl.Cl.Cl.ClCCl. The van der Waals surface area contributed by atoms with Gasteiger partial charge < -0.3 is 72.9 Å². The molecule has 1 saturated heterocycles. The molecule has 13 N–H and O–H groups in total. The van der Waals surface area contributed by atoms with Crippen LogP contribution in [0.15, 0.2) is 170 Å². The molecule has 1 aliphatic heterocycles.